The summed E-state index contributed by atoms with van der Waals surface area (Å²) in [5, 5.41) is 2.56. The molecule has 1 aliphatic rings. The van der Waals surface area contributed by atoms with E-state index in [1.165, 1.54) is 12.1 Å². The van der Waals surface area contributed by atoms with Crippen LogP contribution in [0.3, 0.4) is 0 Å². The van der Waals surface area contributed by atoms with Crippen LogP contribution in [0.25, 0.3) is 6.08 Å². The van der Waals surface area contributed by atoms with Gasteiger partial charge in [0, 0.05) is 24.8 Å². The number of hydrogen-bond acceptors (Lipinski definition) is 4. The van der Waals surface area contributed by atoms with Crippen molar-refractivity contribution in [2.24, 2.45) is 0 Å². The molecule has 0 atom stereocenters. The molecule has 1 heterocycles. The van der Waals surface area contributed by atoms with Crippen molar-refractivity contribution in [3.8, 4) is 0 Å². The van der Waals surface area contributed by atoms with Gasteiger partial charge in [0.2, 0.25) is 0 Å². The number of amides is 4. The van der Waals surface area contributed by atoms with E-state index in [0.29, 0.717) is 16.3 Å². The summed E-state index contributed by atoms with van der Waals surface area (Å²) >= 11 is 5.94. The fraction of sp³-hybridized carbons (Fsp3) is 0.105. The first-order valence-corrected chi connectivity index (χ1v) is 8.19. The number of barbiturate groups is 1. The van der Waals surface area contributed by atoms with Crippen molar-refractivity contribution in [1.82, 2.24) is 5.32 Å². The van der Waals surface area contributed by atoms with Crippen molar-refractivity contribution in [2.75, 3.05) is 23.9 Å². The van der Waals surface area contributed by atoms with E-state index in [9.17, 15) is 14.4 Å². The summed E-state index contributed by atoms with van der Waals surface area (Å²) in [6.45, 7) is 0. The number of carbonyl (C=O) groups is 3. The van der Waals surface area contributed by atoms with Crippen LogP contribution < -0.4 is 15.1 Å². The Balaban J connectivity index is 1.97. The van der Waals surface area contributed by atoms with Crippen LogP contribution in [0.1, 0.15) is 5.56 Å². The first-order chi connectivity index (χ1) is 12.4. The minimum absolute atomic E-state index is 0.123. The minimum Gasteiger partial charge on any atom is -0.378 e. The molecule has 1 N–H and O–H groups in total. The zero-order chi connectivity index (χ0) is 18.8. The Morgan fingerprint density at radius 1 is 1.04 bits per heavy atom. The van der Waals surface area contributed by atoms with Gasteiger partial charge in [0.05, 0.1) is 5.69 Å². The zero-order valence-electron chi connectivity index (χ0n) is 14.2. The van der Waals surface area contributed by atoms with E-state index in [4.69, 9.17) is 11.6 Å². The molecular weight excluding hydrogens is 354 g/mol. The summed E-state index contributed by atoms with van der Waals surface area (Å²) in [5.41, 5.74) is 1.83. The van der Waals surface area contributed by atoms with Gasteiger partial charge in [-0.2, -0.15) is 0 Å². The van der Waals surface area contributed by atoms with Crippen LogP contribution in [0.15, 0.2) is 54.1 Å². The van der Waals surface area contributed by atoms with Crippen molar-refractivity contribution in [3.05, 3.63) is 64.7 Å². The molecule has 0 spiro atoms. The maximum atomic E-state index is 12.8. The molecule has 1 saturated heterocycles. The molecule has 0 unspecified atom stereocenters. The second-order valence-corrected chi connectivity index (χ2v) is 6.36. The normalized spacial score (nSPS) is 16.0. The molecular formula is C19H16ClN3O3. The van der Waals surface area contributed by atoms with Crippen LogP contribution in [-0.2, 0) is 9.59 Å². The summed E-state index contributed by atoms with van der Waals surface area (Å²) in [4.78, 5) is 39.9. The first-order valence-electron chi connectivity index (χ1n) is 7.81. The van der Waals surface area contributed by atoms with Gasteiger partial charge in [0.15, 0.2) is 0 Å². The van der Waals surface area contributed by atoms with Gasteiger partial charge in [-0.15, -0.1) is 0 Å². The van der Waals surface area contributed by atoms with Gasteiger partial charge in [-0.3, -0.25) is 14.9 Å². The standard InChI is InChI=1S/C19H16ClN3O3/c1-22(2)14-8-6-12(7-9-14)10-16-17(24)21-19(26)23(18(16)25)15-5-3-4-13(20)11-15/h3-11H,1-2H3,(H,21,24,26)/b16-10-. The molecule has 2 aromatic carbocycles. The highest BCUT2D eigenvalue weighted by molar-refractivity contribution is 6.39. The Kier molecular flexibility index (Phi) is 4.77. The van der Waals surface area contributed by atoms with Crippen LogP contribution in [0, 0.1) is 0 Å². The first kappa shape index (κ1) is 17.7. The highest BCUT2D eigenvalue weighted by atomic mass is 35.5. The van der Waals surface area contributed by atoms with Gasteiger partial charge < -0.3 is 4.90 Å². The number of nitrogens with one attached hydrogen (secondary N) is 1. The van der Waals surface area contributed by atoms with E-state index in [2.05, 4.69) is 5.32 Å². The summed E-state index contributed by atoms with van der Waals surface area (Å²) in [6, 6.07) is 12.8. The number of nitrogens with zero attached hydrogens (tertiary/aromatic N) is 2. The van der Waals surface area contributed by atoms with E-state index in [-0.39, 0.29) is 5.57 Å². The Morgan fingerprint density at radius 3 is 2.35 bits per heavy atom. The summed E-state index contributed by atoms with van der Waals surface area (Å²) < 4.78 is 0. The van der Waals surface area contributed by atoms with Gasteiger partial charge in [-0.1, -0.05) is 29.8 Å². The van der Waals surface area contributed by atoms with Crippen molar-refractivity contribution in [1.29, 1.82) is 0 Å². The van der Waals surface area contributed by atoms with E-state index in [0.717, 1.165) is 10.6 Å². The Bertz CT molecular complexity index is 920. The summed E-state index contributed by atoms with van der Waals surface area (Å²) in [7, 11) is 3.83. The van der Waals surface area contributed by atoms with Crippen LogP contribution in [0.4, 0.5) is 16.2 Å². The fourth-order valence-corrected chi connectivity index (χ4v) is 2.73. The van der Waals surface area contributed by atoms with Gasteiger partial charge in [0.1, 0.15) is 5.57 Å². The third kappa shape index (κ3) is 3.45. The third-order valence-corrected chi connectivity index (χ3v) is 4.12. The average Bonchev–Trinajstić information content (AvgIpc) is 2.59. The molecule has 7 heteroatoms. The maximum absolute atomic E-state index is 12.8. The van der Waals surface area contributed by atoms with Gasteiger partial charge in [-0.05, 0) is 42.0 Å². The maximum Gasteiger partial charge on any atom is 0.335 e. The molecule has 3 rings (SSSR count). The van der Waals surface area contributed by atoms with Crippen molar-refractivity contribution in [3.63, 3.8) is 0 Å². The molecule has 0 bridgehead atoms. The lowest BCUT2D eigenvalue weighted by Crippen LogP contribution is -2.54. The van der Waals surface area contributed by atoms with E-state index < -0.39 is 17.8 Å². The second kappa shape index (κ2) is 7.01. The molecule has 0 aromatic heterocycles. The number of carbonyl (C=O) groups excluding carboxylic acids is 3. The molecule has 0 saturated carbocycles. The van der Waals surface area contributed by atoms with Gasteiger partial charge in [-0.25, -0.2) is 9.69 Å². The fourth-order valence-electron chi connectivity index (χ4n) is 2.54. The molecule has 1 aliphatic heterocycles. The zero-order valence-corrected chi connectivity index (χ0v) is 14.9. The average molecular weight is 370 g/mol. The molecule has 2 aromatic rings. The Labute approximate surface area is 155 Å². The minimum atomic E-state index is -0.803. The third-order valence-electron chi connectivity index (χ3n) is 3.89. The van der Waals surface area contributed by atoms with Gasteiger partial charge in [0.25, 0.3) is 11.8 Å². The molecule has 4 amide bonds. The SMILES string of the molecule is CN(C)c1ccc(/C=C2/C(=O)NC(=O)N(c3cccc(Cl)c3)C2=O)cc1. The number of rotatable bonds is 3. The number of benzene rings is 2. The van der Waals surface area contributed by atoms with Crippen LogP contribution >= 0.6 is 11.6 Å². The topological polar surface area (TPSA) is 69.7 Å². The predicted molar refractivity (Wildman–Crippen MR) is 101 cm³/mol. The van der Waals surface area contributed by atoms with Crippen LogP contribution in [0.2, 0.25) is 5.02 Å². The predicted octanol–water partition coefficient (Wildman–Crippen LogP) is 3.07. The van der Waals surface area contributed by atoms with Crippen molar-refractivity contribution in [2.45, 2.75) is 0 Å². The number of anilines is 2. The summed E-state index contributed by atoms with van der Waals surface area (Å²) in [5.74, 6) is -1.42. The quantitative estimate of drug-likeness (QED) is 0.666. The van der Waals surface area contributed by atoms with Crippen LogP contribution in [-0.4, -0.2) is 31.9 Å². The molecule has 1 fully saturated rings. The van der Waals surface area contributed by atoms with E-state index >= 15 is 0 Å². The summed E-state index contributed by atoms with van der Waals surface area (Å²) in [6.07, 6.45) is 1.46. The monoisotopic (exact) mass is 369 g/mol. The Morgan fingerprint density at radius 2 is 1.73 bits per heavy atom. The molecule has 26 heavy (non-hydrogen) atoms. The highest BCUT2D eigenvalue weighted by Crippen LogP contribution is 2.24. The lowest BCUT2D eigenvalue weighted by atomic mass is 10.1. The van der Waals surface area contributed by atoms with E-state index in [1.54, 1.807) is 30.3 Å². The van der Waals surface area contributed by atoms with Gasteiger partial charge >= 0.3 is 6.03 Å². The number of urea groups is 1. The highest BCUT2D eigenvalue weighted by Gasteiger charge is 2.36. The molecule has 6 nitrogen and oxygen atoms in total. The van der Waals surface area contributed by atoms with E-state index in [1.807, 2.05) is 31.1 Å². The lowest BCUT2D eigenvalue weighted by Gasteiger charge is -2.26. The molecule has 0 aliphatic carbocycles. The smallest absolute Gasteiger partial charge is 0.335 e. The van der Waals surface area contributed by atoms with Crippen LogP contribution in [0.5, 0.6) is 0 Å². The number of halogens is 1. The van der Waals surface area contributed by atoms with Crippen molar-refractivity contribution < 1.29 is 14.4 Å². The largest absolute Gasteiger partial charge is 0.378 e. The number of imide groups is 2. The molecule has 132 valence electrons. The lowest BCUT2D eigenvalue weighted by molar-refractivity contribution is -0.122. The molecule has 0 radical (unpaired) electrons. The Hall–Kier alpha value is -3.12. The second-order valence-electron chi connectivity index (χ2n) is 5.92. The number of hydrogen-bond donors (Lipinski definition) is 1. The van der Waals surface area contributed by atoms with Crippen molar-refractivity contribution >= 4 is 46.9 Å².